The monoisotopic (exact) mass is 234 g/mol. The van der Waals surface area contributed by atoms with Crippen molar-refractivity contribution in [3.8, 4) is 0 Å². The average Bonchev–Trinajstić information content (AvgIpc) is 1.81. The fourth-order valence-electron chi connectivity index (χ4n) is 1.49. The first-order chi connectivity index (χ1) is 5.71. The molecular formula is C12H26Zn. The maximum absolute atomic E-state index is 2.36. The van der Waals surface area contributed by atoms with Crippen molar-refractivity contribution in [2.45, 2.75) is 64.4 Å². The Hall–Kier alpha value is 0.623. The molecule has 0 aromatic rings. The van der Waals surface area contributed by atoms with Crippen LogP contribution in [0.25, 0.3) is 0 Å². The predicted molar refractivity (Wildman–Crippen MR) is 57.8 cm³/mol. The molecule has 0 N–H and O–H groups in total. The van der Waals surface area contributed by atoms with Crippen LogP contribution >= 0.6 is 0 Å². The molecule has 0 atom stereocenters. The molecule has 1 heteroatoms. The van der Waals surface area contributed by atoms with Crippen LogP contribution in [-0.4, -0.2) is 0 Å². The van der Waals surface area contributed by atoms with E-state index in [0.717, 1.165) is 0 Å². The van der Waals surface area contributed by atoms with Crippen molar-refractivity contribution >= 4 is 0 Å². The van der Waals surface area contributed by atoms with Crippen molar-refractivity contribution in [1.82, 2.24) is 0 Å². The maximum atomic E-state index is 2.36. The third-order valence-electron chi connectivity index (χ3n) is 2.35. The van der Waals surface area contributed by atoms with Gasteiger partial charge in [0.2, 0.25) is 0 Å². The third-order valence-corrected chi connectivity index (χ3v) is 5.94. The van der Waals surface area contributed by atoms with Crippen molar-refractivity contribution in [1.29, 1.82) is 0 Å². The van der Waals surface area contributed by atoms with E-state index >= 15 is 0 Å². The zero-order chi connectivity index (χ0) is 10.5. The van der Waals surface area contributed by atoms with Gasteiger partial charge in [-0.15, -0.1) is 0 Å². The zero-order valence-corrected chi connectivity index (χ0v) is 13.5. The number of rotatable bonds is 4. The minimum absolute atomic E-state index is 0.154. The normalized spacial score (nSPS) is 12.8. The van der Waals surface area contributed by atoms with Gasteiger partial charge in [0.25, 0.3) is 0 Å². The Labute approximate surface area is 92.5 Å². The molecule has 0 amide bonds. The fourth-order valence-corrected chi connectivity index (χ4v) is 7.73. The van der Waals surface area contributed by atoms with Crippen LogP contribution in [0.2, 0.25) is 10.0 Å². The van der Waals surface area contributed by atoms with E-state index in [1.165, 1.54) is 12.8 Å². The zero-order valence-electron chi connectivity index (χ0n) is 10.5. The second kappa shape index (κ2) is 5.49. The molecule has 0 bridgehead atoms. The van der Waals surface area contributed by atoms with E-state index in [0.29, 0.717) is 10.8 Å². The van der Waals surface area contributed by atoms with Crippen molar-refractivity contribution in [3.05, 3.63) is 0 Å². The summed E-state index contributed by atoms with van der Waals surface area (Å²) >= 11 is -0.154. The molecule has 0 aromatic heterocycles. The second-order valence-electron chi connectivity index (χ2n) is 6.68. The van der Waals surface area contributed by atoms with Crippen LogP contribution in [0.1, 0.15) is 54.4 Å². The SMILES string of the molecule is CC(C)(C)C[CH2][Zn][CH2]CC(C)(C)C. The topological polar surface area (TPSA) is 0 Å². The molecular weight excluding hydrogens is 210 g/mol. The predicted octanol–water partition coefficient (Wildman–Crippen LogP) is 4.78. The molecule has 0 aliphatic heterocycles. The Morgan fingerprint density at radius 3 is 1.23 bits per heavy atom. The Kier molecular flexibility index (Phi) is 5.75. The molecule has 0 heterocycles. The molecule has 0 aliphatic carbocycles. The molecule has 0 spiro atoms. The van der Waals surface area contributed by atoms with Gasteiger partial charge in [0.05, 0.1) is 0 Å². The molecule has 0 saturated carbocycles. The first-order valence-corrected chi connectivity index (χ1v) is 9.90. The molecule has 0 aromatic carbocycles. The summed E-state index contributed by atoms with van der Waals surface area (Å²) in [5.41, 5.74) is 1.15. The van der Waals surface area contributed by atoms with Gasteiger partial charge in [-0.2, -0.15) is 0 Å². The number of hydrogen-bond acceptors (Lipinski definition) is 0. The van der Waals surface area contributed by atoms with Gasteiger partial charge >= 0.3 is 92.4 Å². The Morgan fingerprint density at radius 2 is 1.00 bits per heavy atom. The number of hydrogen-bond donors (Lipinski definition) is 0. The molecule has 0 fully saturated rings. The summed E-state index contributed by atoms with van der Waals surface area (Å²) in [6, 6.07) is 0. The van der Waals surface area contributed by atoms with Gasteiger partial charge in [0.15, 0.2) is 0 Å². The van der Waals surface area contributed by atoms with Crippen LogP contribution < -0.4 is 0 Å². The summed E-state index contributed by atoms with van der Waals surface area (Å²) in [5.74, 6) is 0. The van der Waals surface area contributed by atoms with Crippen LogP contribution in [0, 0.1) is 10.8 Å². The van der Waals surface area contributed by atoms with Crippen molar-refractivity contribution in [2.75, 3.05) is 0 Å². The van der Waals surface area contributed by atoms with E-state index in [9.17, 15) is 0 Å². The summed E-state index contributed by atoms with van der Waals surface area (Å²) in [6.45, 7) is 14.2. The molecule has 0 aliphatic rings. The third kappa shape index (κ3) is 12.6. The fraction of sp³-hybridized carbons (Fsp3) is 1.00. The second-order valence-corrected chi connectivity index (χ2v) is 11.1. The van der Waals surface area contributed by atoms with Crippen LogP contribution in [0.15, 0.2) is 0 Å². The van der Waals surface area contributed by atoms with Gasteiger partial charge in [-0.25, -0.2) is 0 Å². The van der Waals surface area contributed by atoms with Crippen LogP contribution in [0.3, 0.4) is 0 Å². The van der Waals surface area contributed by atoms with E-state index in [1.54, 1.807) is 10.0 Å². The molecule has 0 nitrogen and oxygen atoms in total. The summed E-state index contributed by atoms with van der Waals surface area (Å²) in [6.07, 6.45) is 2.91. The first kappa shape index (κ1) is 13.6. The van der Waals surface area contributed by atoms with Gasteiger partial charge < -0.3 is 0 Å². The molecule has 13 heavy (non-hydrogen) atoms. The van der Waals surface area contributed by atoms with E-state index in [2.05, 4.69) is 41.5 Å². The Bertz CT molecular complexity index is 109. The standard InChI is InChI=1S/2C6H13.Zn/c2*1-5-6(2,3)4;/h2*1,5H2,2-4H3;. The summed E-state index contributed by atoms with van der Waals surface area (Å²) < 4.78 is 0. The van der Waals surface area contributed by atoms with Gasteiger partial charge in [-0.3, -0.25) is 0 Å². The van der Waals surface area contributed by atoms with Gasteiger partial charge in [0, 0.05) is 0 Å². The Balaban J connectivity index is 3.28. The van der Waals surface area contributed by atoms with Gasteiger partial charge in [-0.1, -0.05) is 0 Å². The molecule has 0 radical (unpaired) electrons. The summed E-state index contributed by atoms with van der Waals surface area (Å²) in [4.78, 5) is 0. The van der Waals surface area contributed by atoms with Crippen LogP contribution in [0.5, 0.6) is 0 Å². The van der Waals surface area contributed by atoms with E-state index in [-0.39, 0.29) is 17.1 Å². The molecule has 0 saturated heterocycles. The average molecular weight is 236 g/mol. The van der Waals surface area contributed by atoms with Gasteiger partial charge in [0.1, 0.15) is 0 Å². The van der Waals surface area contributed by atoms with Crippen molar-refractivity contribution in [2.24, 2.45) is 10.8 Å². The Morgan fingerprint density at radius 1 is 0.692 bits per heavy atom. The van der Waals surface area contributed by atoms with Gasteiger partial charge in [-0.05, 0) is 0 Å². The molecule has 0 unspecified atom stereocenters. The van der Waals surface area contributed by atoms with Crippen molar-refractivity contribution in [3.63, 3.8) is 0 Å². The summed E-state index contributed by atoms with van der Waals surface area (Å²) in [7, 11) is 0. The van der Waals surface area contributed by atoms with E-state index in [1.807, 2.05) is 0 Å². The van der Waals surface area contributed by atoms with Crippen LogP contribution in [0.4, 0.5) is 0 Å². The van der Waals surface area contributed by atoms with Crippen molar-refractivity contribution < 1.29 is 17.1 Å². The first-order valence-electron chi connectivity index (χ1n) is 5.71. The van der Waals surface area contributed by atoms with Crippen LogP contribution in [-0.2, 0) is 17.1 Å². The molecule has 0 rings (SSSR count). The van der Waals surface area contributed by atoms with E-state index < -0.39 is 0 Å². The summed E-state index contributed by atoms with van der Waals surface area (Å²) in [5, 5.41) is 3.18. The minimum atomic E-state index is -0.154. The van der Waals surface area contributed by atoms with E-state index in [4.69, 9.17) is 0 Å². The molecule has 76 valence electrons. The quantitative estimate of drug-likeness (QED) is 0.486.